The van der Waals surface area contributed by atoms with E-state index in [-0.39, 0.29) is 17.0 Å². The van der Waals surface area contributed by atoms with Gasteiger partial charge < -0.3 is 5.41 Å². The van der Waals surface area contributed by atoms with Gasteiger partial charge in [0.1, 0.15) is 4.55 Å². The Hall–Kier alpha value is 0.516. The van der Waals surface area contributed by atoms with Crippen LogP contribution in [-0.2, 0) is 0 Å². The third-order valence-corrected chi connectivity index (χ3v) is 2.28. The van der Waals surface area contributed by atoms with Crippen LogP contribution in [0.5, 0.6) is 0 Å². The summed E-state index contributed by atoms with van der Waals surface area (Å²) in [4.78, 5) is 0. The van der Waals surface area contributed by atoms with Crippen LogP contribution in [-0.4, -0.2) is 31.6 Å². The second-order valence-electron chi connectivity index (χ2n) is 1.89. The molecule has 0 bridgehead atoms. The Labute approximate surface area is 92.6 Å². The molecule has 0 aromatic rings. The van der Waals surface area contributed by atoms with Gasteiger partial charge in [0, 0.05) is 0 Å². The van der Waals surface area contributed by atoms with Gasteiger partial charge in [0.2, 0.25) is 0 Å². The van der Waals surface area contributed by atoms with Crippen LogP contribution >= 0.6 is 17.0 Å². The second-order valence-corrected chi connectivity index (χ2v) is 3.79. The van der Waals surface area contributed by atoms with Crippen molar-refractivity contribution < 1.29 is 8.78 Å². The summed E-state index contributed by atoms with van der Waals surface area (Å²) in [5.74, 6) is 0. The molecule has 0 aromatic carbocycles. The van der Waals surface area contributed by atoms with Crippen LogP contribution in [0.1, 0.15) is 13.3 Å². The topological polar surface area (TPSA) is 23.9 Å². The van der Waals surface area contributed by atoms with E-state index in [1.165, 1.54) is 0 Å². The van der Waals surface area contributed by atoms with E-state index >= 15 is 0 Å². The molecule has 12 heavy (non-hydrogen) atoms. The summed E-state index contributed by atoms with van der Waals surface area (Å²) in [7, 11) is 0. The van der Waals surface area contributed by atoms with Crippen LogP contribution < -0.4 is 0 Å². The van der Waals surface area contributed by atoms with Gasteiger partial charge in [0.05, 0.1) is 0 Å². The highest BCUT2D eigenvalue weighted by molar-refractivity contribution is 8.93. The van der Waals surface area contributed by atoms with Gasteiger partial charge in [-0.1, -0.05) is 18.6 Å². The average Bonchev–Trinajstić information content (AvgIpc) is 2.02. The van der Waals surface area contributed by atoms with Crippen molar-refractivity contribution >= 4 is 44.1 Å². The lowest BCUT2D eigenvalue weighted by molar-refractivity contribution is 0.237. The summed E-state index contributed by atoms with van der Waals surface area (Å²) in [6.45, 7) is 4.41. The molecular formula is C7H14BrF2MgN. The lowest BCUT2D eigenvalue weighted by Gasteiger charge is -1.90. The van der Waals surface area contributed by atoms with Gasteiger partial charge in [0.15, 0.2) is 0 Å². The number of allylic oxidation sites excluding steroid dienone is 2. The molecule has 1 N–H and O–H groups in total. The number of halogens is 3. The summed E-state index contributed by atoms with van der Waals surface area (Å²) in [5, 5.41) is 5.50. The molecule has 0 unspecified atom stereocenters. The van der Waals surface area contributed by atoms with E-state index in [2.05, 4.69) is 6.72 Å². The van der Waals surface area contributed by atoms with Crippen molar-refractivity contribution in [3.05, 3.63) is 12.2 Å². The highest BCUT2D eigenvalue weighted by Gasteiger charge is 2.06. The predicted octanol–water partition coefficient (Wildman–Crippen LogP) is 3.14. The van der Waals surface area contributed by atoms with E-state index in [4.69, 9.17) is 5.41 Å². The van der Waals surface area contributed by atoms with Crippen molar-refractivity contribution in [3.8, 4) is 0 Å². The zero-order chi connectivity index (χ0) is 9.11. The number of hydrogen-bond acceptors (Lipinski definition) is 1. The summed E-state index contributed by atoms with van der Waals surface area (Å²) in [6.07, 6.45) is 4.68. The Bertz CT molecular complexity index is 101. The molecule has 0 radical (unpaired) electrons. The summed E-state index contributed by atoms with van der Waals surface area (Å²) >= 11 is -1.06. The number of alkyl halides is 2. The fourth-order valence-electron chi connectivity index (χ4n) is 0.557. The molecule has 0 aliphatic rings. The predicted molar refractivity (Wildman–Crippen MR) is 56.2 cm³/mol. The quantitative estimate of drug-likeness (QED) is 0.345. The third kappa shape index (κ3) is 22.4. The Morgan fingerprint density at radius 3 is 2.33 bits per heavy atom. The molecule has 0 aliphatic carbocycles. The van der Waals surface area contributed by atoms with Crippen molar-refractivity contribution in [1.29, 1.82) is 5.41 Å². The Kier molecular flexibility index (Phi) is 26.8. The first-order valence-corrected chi connectivity index (χ1v) is 5.33. The molecule has 0 atom stereocenters. The molecule has 0 saturated carbocycles. The molecule has 0 fully saturated rings. The molecule has 1 nitrogen and oxygen atoms in total. The molecule has 0 rings (SSSR count). The van der Waals surface area contributed by atoms with Gasteiger partial charge in [-0.15, -0.1) is 21.5 Å². The fourth-order valence-corrected chi connectivity index (χ4v) is 1.34. The van der Waals surface area contributed by atoms with Crippen molar-refractivity contribution in [2.75, 3.05) is 0 Å². The lowest BCUT2D eigenvalue weighted by atomic mass is 10.4. The van der Waals surface area contributed by atoms with Gasteiger partial charge in [-0.2, -0.15) is 0 Å². The largest absolute Gasteiger partial charge is 0.471 e. The van der Waals surface area contributed by atoms with Crippen LogP contribution in [0.4, 0.5) is 8.78 Å². The smallest absolute Gasteiger partial charge is 0.317 e. The maximum atomic E-state index is 11.5. The molecule has 0 amide bonds. The Morgan fingerprint density at radius 2 is 2.00 bits per heavy atom. The normalized spacial score (nSPS) is 8.33. The van der Waals surface area contributed by atoms with Crippen molar-refractivity contribution in [2.45, 2.75) is 22.4 Å². The van der Waals surface area contributed by atoms with Crippen LogP contribution in [0.2, 0.25) is 4.55 Å². The third-order valence-electron chi connectivity index (χ3n) is 1.03. The average molecular weight is 254 g/mol. The standard InChI is InChI=1S/C5H9.CHF2.CH3N.BrH.Mg/c1-3-5-4-2;2-1-3;1-2;;/h4-5H,1,3H2,2H3;1H;2H,1H2;1H;. The lowest BCUT2D eigenvalue weighted by Crippen LogP contribution is -2.01. The zero-order valence-electron chi connectivity index (χ0n) is 7.22. The van der Waals surface area contributed by atoms with Gasteiger partial charge in [-0.3, -0.25) is 0 Å². The summed E-state index contributed by atoms with van der Waals surface area (Å²) in [5.41, 5.74) is 0. The molecule has 5 heteroatoms. The number of nitrogens with one attached hydrogen (secondary N) is 1. The van der Waals surface area contributed by atoms with Crippen LogP contribution in [0.25, 0.3) is 0 Å². The van der Waals surface area contributed by atoms with Crippen LogP contribution in [0, 0.1) is 5.41 Å². The van der Waals surface area contributed by atoms with Gasteiger partial charge in [-0.05, 0) is 13.6 Å². The van der Waals surface area contributed by atoms with Crippen molar-refractivity contribution in [3.63, 3.8) is 0 Å². The van der Waals surface area contributed by atoms with Gasteiger partial charge in [0.25, 0.3) is 0 Å². The van der Waals surface area contributed by atoms with E-state index < -0.39 is 24.9 Å². The summed E-state index contributed by atoms with van der Waals surface area (Å²) < 4.78 is 21.7. The highest BCUT2D eigenvalue weighted by Crippen LogP contribution is 1.97. The second kappa shape index (κ2) is 17.6. The number of rotatable bonds is 4. The van der Waals surface area contributed by atoms with E-state index in [0.717, 1.165) is 11.0 Å². The number of hydrogen-bond donors (Lipinski definition) is 1. The van der Waals surface area contributed by atoms with Gasteiger partial charge >= 0.3 is 20.4 Å². The minimum atomic E-state index is -1.99. The van der Waals surface area contributed by atoms with E-state index in [0.29, 0.717) is 0 Å². The minimum Gasteiger partial charge on any atom is -0.317 e. The molecule has 0 aliphatic heterocycles. The maximum absolute atomic E-state index is 11.5. The Balaban J connectivity index is -0.000000249. The molecule has 0 spiro atoms. The maximum Gasteiger partial charge on any atom is 0.471 e. The fraction of sp³-hybridized carbons (Fsp3) is 0.571. The Morgan fingerprint density at radius 1 is 1.50 bits per heavy atom. The molecule has 0 saturated heterocycles. The van der Waals surface area contributed by atoms with Gasteiger partial charge in [-0.25, -0.2) is 8.78 Å². The first-order valence-electron chi connectivity index (χ1n) is 3.52. The van der Waals surface area contributed by atoms with E-state index in [9.17, 15) is 8.78 Å². The molecule has 0 aromatic heterocycles. The first kappa shape index (κ1) is 18.3. The minimum absolute atomic E-state index is 0. The first-order chi connectivity index (χ1) is 5.27. The monoisotopic (exact) mass is 253 g/mol. The van der Waals surface area contributed by atoms with Crippen molar-refractivity contribution in [2.24, 2.45) is 0 Å². The van der Waals surface area contributed by atoms with Crippen LogP contribution in [0.3, 0.4) is 0 Å². The van der Waals surface area contributed by atoms with E-state index in [1.54, 1.807) is 0 Å². The zero-order valence-corrected chi connectivity index (χ0v) is 10.4. The van der Waals surface area contributed by atoms with Crippen molar-refractivity contribution in [1.82, 2.24) is 0 Å². The van der Waals surface area contributed by atoms with E-state index in [1.807, 2.05) is 19.1 Å². The van der Waals surface area contributed by atoms with Crippen LogP contribution in [0.15, 0.2) is 12.2 Å². The molecule has 0 heterocycles. The highest BCUT2D eigenvalue weighted by atomic mass is 79.9. The molecular weight excluding hydrogens is 240 g/mol. The molecule has 70 valence electrons. The summed E-state index contributed by atoms with van der Waals surface area (Å²) in [6, 6.07) is 0. The SMILES string of the molecule is Br.C=N.CC=CC[CH2][Mg][CH](F)F.